The van der Waals surface area contributed by atoms with Crippen molar-refractivity contribution in [3.63, 3.8) is 0 Å². The fourth-order valence-electron chi connectivity index (χ4n) is 2.85. The highest BCUT2D eigenvalue weighted by atomic mass is 16.5. The van der Waals surface area contributed by atoms with Crippen molar-refractivity contribution in [2.75, 3.05) is 26.6 Å². The summed E-state index contributed by atoms with van der Waals surface area (Å²) in [7, 11) is 4.10. The molecule has 1 aromatic heterocycles. The van der Waals surface area contributed by atoms with Crippen molar-refractivity contribution in [3.8, 4) is 11.5 Å². The van der Waals surface area contributed by atoms with Crippen molar-refractivity contribution in [2.24, 2.45) is 0 Å². The van der Waals surface area contributed by atoms with E-state index in [0.29, 0.717) is 22.4 Å². The first-order valence-electron chi connectivity index (χ1n) is 8.95. The Morgan fingerprint density at radius 3 is 2.47 bits per heavy atom. The van der Waals surface area contributed by atoms with Gasteiger partial charge in [-0.05, 0) is 12.1 Å². The monoisotopic (exact) mass is 412 g/mol. The number of nitrogens with zero attached hydrogens (tertiary/aromatic N) is 3. The molecule has 0 saturated heterocycles. The van der Waals surface area contributed by atoms with Crippen LogP contribution in [0.1, 0.15) is 16.8 Å². The number of rotatable bonds is 7. The first-order valence-corrected chi connectivity index (χ1v) is 8.95. The van der Waals surface area contributed by atoms with Crippen molar-refractivity contribution < 1.29 is 23.8 Å². The molecule has 2 aromatic carbocycles. The topological polar surface area (TPSA) is 122 Å². The molecule has 3 aromatic rings. The Morgan fingerprint density at radius 1 is 1.07 bits per heavy atom. The van der Waals surface area contributed by atoms with Crippen LogP contribution in [0.15, 0.2) is 41.2 Å². The lowest BCUT2D eigenvalue weighted by Gasteiger charge is -2.14. The first-order chi connectivity index (χ1) is 14.5. The second-order valence-electron chi connectivity index (χ2n) is 6.18. The normalized spacial score (nSPS) is 10.5. The number of fused-ring (bicyclic) bond motifs is 1. The maximum atomic E-state index is 12.5. The van der Waals surface area contributed by atoms with E-state index in [-0.39, 0.29) is 29.8 Å². The Bertz CT molecular complexity index is 1160. The minimum atomic E-state index is -0.650. The molecule has 3 rings (SSSR count). The minimum absolute atomic E-state index is 0.0172. The maximum Gasteiger partial charge on any atom is 0.340 e. The molecule has 1 N–H and O–H groups in total. The predicted molar refractivity (Wildman–Crippen MR) is 108 cm³/mol. The van der Waals surface area contributed by atoms with Gasteiger partial charge in [-0.2, -0.15) is 0 Å². The largest absolute Gasteiger partial charge is 0.493 e. The summed E-state index contributed by atoms with van der Waals surface area (Å²) in [6.07, 6.45) is -0.0676. The van der Waals surface area contributed by atoms with Crippen molar-refractivity contribution in [3.05, 3.63) is 52.3 Å². The highest BCUT2D eigenvalue weighted by molar-refractivity contribution is 6.02. The smallest absolute Gasteiger partial charge is 0.340 e. The predicted octanol–water partition coefficient (Wildman–Crippen LogP) is 1.62. The van der Waals surface area contributed by atoms with E-state index in [4.69, 9.17) is 14.2 Å². The second kappa shape index (κ2) is 9.03. The van der Waals surface area contributed by atoms with E-state index in [0.717, 1.165) is 4.68 Å². The average molecular weight is 412 g/mol. The summed E-state index contributed by atoms with van der Waals surface area (Å²) in [6, 6.07) is 9.70. The summed E-state index contributed by atoms with van der Waals surface area (Å²) >= 11 is 0. The number of carbonyl (C=O) groups excluding carboxylic acids is 2. The van der Waals surface area contributed by atoms with Gasteiger partial charge < -0.3 is 19.5 Å². The number of hydrogen-bond acceptors (Lipinski definition) is 8. The first kappa shape index (κ1) is 20.8. The molecule has 10 nitrogen and oxygen atoms in total. The second-order valence-corrected chi connectivity index (χ2v) is 6.18. The molecule has 0 aliphatic heterocycles. The summed E-state index contributed by atoms with van der Waals surface area (Å²) in [5.41, 5.74) is 0.443. The fraction of sp³-hybridized carbons (Fsp3) is 0.250. The van der Waals surface area contributed by atoms with E-state index in [9.17, 15) is 14.4 Å². The van der Waals surface area contributed by atoms with E-state index in [1.54, 1.807) is 24.3 Å². The number of esters is 1. The van der Waals surface area contributed by atoms with Crippen LogP contribution in [-0.2, 0) is 16.1 Å². The summed E-state index contributed by atoms with van der Waals surface area (Å²) in [5, 5.41) is 10.9. The van der Waals surface area contributed by atoms with Crippen LogP contribution in [0.3, 0.4) is 0 Å². The van der Waals surface area contributed by atoms with Crippen molar-refractivity contribution >= 4 is 28.5 Å². The summed E-state index contributed by atoms with van der Waals surface area (Å²) in [6.45, 7) is 0.0172. The highest BCUT2D eigenvalue weighted by Crippen LogP contribution is 2.33. The number of carbonyl (C=O) groups is 2. The lowest BCUT2D eigenvalue weighted by atomic mass is 10.1. The number of aryl methyl sites for hydroxylation is 1. The standard InChI is InChI=1S/C20H20N4O6/c1-28-16-10-13(20(27)30-3)15(11-17(16)29-2)21-18(25)8-9-24-19(26)12-6-4-5-7-14(12)22-23-24/h4-7,10-11H,8-9H2,1-3H3,(H,21,25). The molecule has 30 heavy (non-hydrogen) atoms. The van der Waals surface area contributed by atoms with Crippen LogP contribution < -0.4 is 20.3 Å². The van der Waals surface area contributed by atoms with Crippen molar-refractivity contribution in [1.29, 1.82) is 0 Å². The summed E-state index contributed by atoms with van der Waals surface area (Å²) in [5.74, 6) is -0.442. The number of benzene rings is 2. The number of methoxy groups -OCH3 is 3. The van der Waals surface area contributed by atoms with Crippen molar-refractivity contribution in [2.45, 2.75) is 13.0 Å². The zero-order valence-corrected chi connectivity index (χ0v) is 16.7. The van der Waals surface area contributed by atoms with E-state index >= 15 is 0 Å². The van der Waals surface area contributed by atoms with Crippen LogP contribution in [0.25, 0.3) is 10.9 Å². The van der Waals surface area contributed by atoms with E-state index in [2.05, 4.69) is 15.6 Å². The van der Waals surface area contributed by atoms with Gasteiger partial charge in [0.05, 0.1) is 44.5 Å². The van der Waals surface area contributed by atoms with Gasteiger partial charge in [-0.15, -0.1) is 5.10 Å². The lowest BCUT2D eigenvalue weighted by molar-refractivity contribution is -0.116. The van der Waals surface area contributed by atoms with Gasteiger partial charge in [-0.1, -0.05) is 17.3 Å². The van der Waals surface area contributed by atoms with Gasteiger partial charge in [-0.3, -0.25) is 9.59 Å². The Labute approximate surface area is 171 Å². The molecule has 0 fully saturated rings. The SMILES string of the molecule is COC(=O)c1cc(OC)c(OC)cc1NC(=O)CCn1nnc2ccccc2c1=O. The third-order valence-electron chi connectivity index (χ3n) is 4.38. The van der Waals surface area contributed by atoms with Crippen LogP contribution >= 0.6 is 0 Å². The molecule has 0 bridgehead atoms. The molecule has 0 saturated carbocycles. The third-order valence-corrected chi connectivity index (χ3v) is 4.38. The molecule has 10 heteroatoms. The van der Waals surface area contributed by atoms with Crippen LogP contribution in [0.5, 0.6) is 11.5 Å². The van der Waals surface area contributed by atoms with Gasteiger partial charge in [-0.25, -0.2) is 9.48 Å². The lowest BCUT2D eigenvalue weighted by Crippen LogP contribution is -2.26. The molecule has 1 heterocycles. The molecule has 0 unspecified atom stereocenters. The molecule has 1 amide bonds. The van der Waals surface area contributed by atoms with Gasteiger partial charge >= 0.3 is 5.97 Å². The molecular weight excluding hydrogens is 392 g/mol. The molecular formula is C20H20N4O6. The van der Waals surface area contributed by atoms with Crippen molar-refractivity contribution in [1.82, 2.24) is 15.0 Å². The Hall–Kier alpha value is -3.95. The van der Waals surface area contributed by atoms with Gasteiger partial charge in [0.1, 0.15) is 5.52 Å². The van der Waals surface area contributed by atoms with Crippen LogP contribution in [0.4, 0.5) is 5.69 Å². The molecule has 0 atom stereocenters. The van der Waals surface area contributed by atoms with Gasteiger partial charge in [0.15, 0.2) is 11.5 Å². The quantitative estimate of drug-likeness (QED) is 0.581. The number of ether oxygens (including phenoxy) is 3. The number of nitrogens with one attached hydrogen (secondary N) is 1. The summed E-state index contributed by atoms with van der Waals surface area (Å²) < 4.78 is 16.3. The molecule has 0 aliphatic rings. The van der Waals surface area contributed by atoms with Crippen LogP contribution in [0, 0.1) is 0 Å². The Balaban J connectivity index is 1.80. The third kappa shape index (κ3) is 4.22. The molecule has 0 spiro atoms. The molecule has 156 valence electrons. The fourth-order valence-corrected chi connectivity index (χ4v) is 2.85. The van der Waals surface area contributed by atoms with E-state index in [1.165, 1.54) is 33.5 Å². The number of aromatic nitrogens is 3. The highest BCUT2D eigenvalue weighted by Gasteiger charge is 2.19. The van der Waals surface area contributed by atoms with Gasteiger partial charge in [0.2, 0.25) is 5.91 Å². The Morgan fingerprint density at radius 2 is 1.77 bits per heavy atom. The van der Waals surface area contributed by atoms with Gasteiger partial charge in [0, 0.05) is 18.6 Å². The van der Waals surface area contributed by atoms with E-state index < -0.39 is 11.9 Å². The summed E-state index contributed by atoms with van der Waals surface area (Å²) in [4.78, 5) is 37.1. The number of anilines is 1. The van der Waals surface area contributed by atoms with Gasteiger partial charge in [0.25, 0.3) is 5.56 Å². The average Bonchev–Trinajstić information content (AvgIpc) is 2.77. The minimum Gasteiger partial charge on any atom is -0.493 e. The Kier molecular flexibility index (Phi) is 6.26. The zero-order valence-electron chi connectivity index (χ0n) is 16.7. The van der Waals surface area contributed by atoms with E-state index in [1.807, 2.05) is 0 Å². The molecule has 0 aliphatic carbocycles. The maximum absolute atomic E-state index is 12.5. The number of amides is 1. The zero-order chi connectivity index (χ0) is 21.7. The molecule has 0 radical (unpaired) electrons. The number of hydrogen-bond donors (Lipinski definition) is 1. The van der Waals surface area contributed by atoms with Crippen LogP contribution in [-0.4, -0.2) is 48.2 Å². The van der Waals surface area contributed by atoms with Crippen LogP contribution in [0.2, 0.25) is 0 Å².